The Morgan fingerprint density at radius 2 is 1.16 bits per heavy atom. The number of carboxylic acid groups (broad SMARTS) is 2. The van der Waals surface area contributed by atoms with Crippen molar-refractivity contribution < 1.29 is 143 Å². The molecule has 0 unspecified atom stereocenters. The second-order valence-corrected chi connectivity index (χ2v) is 22.9. The largest absolute Gasteiger partial charge is 0.481 e. The van der Waals surface area contributed by atoms with Crippen LogP contribution >= 0.6 is 0 Å². The van der Waals surface area contributed by atoms with Gasteiger partial charge in [0, 0.05) is 38.2 Å². The number of nitrogens with two attached hydrogens (primary N) is 1. The van der Waals surface area contributed by atoms with Crippen LogP contribution in [0.1, 0.15) is 66.0 Å². The highest BCUT2D eigenvalue weighted by atomic mass is 16.7. The topological polar surface area (TPSA) is 671 Å². The van der Waals surface area contributed by atoms with Crippen LogP contribution < -0.4 is 53.6 Å². The van der Waals surface area contributed by atoms with Crippen LogP contribution in [0.3, 0.4) is 0 Å². The van der Waals surface area contributed by atoms with E-state index >= 15 is 0 Å². The van der Waals surface area contributed by atoms with E-state index in [2.05, 4.69) is 57.8 Å². The van der Waals surface area contributed by atoms with E-state index in [0.29, 0.717) is 0 Å². The van der Waals surface area contributed by atoms with Gasteiger partial charge < -0.3 is 149 Å². The number of carbonyl (C=O) groups excluding carboxylic acids is 10. The summed E-state index contributed by atoms with van der Waals surface area (Å²) in [6, 6.07) is -18.7. The summed E-state index contributed by atoms with van der Waals surface area (Å²) in [7, 11) is 0. The van der Waals surface area contributed by atoms with Gasteiger partial charge in [0.2, 0.25) is 59.1 Å². The van der Waals surface area contributed by atoms with Gasteiger partial charge in [-0.2, -0.15) is 0 Å². The third kappa shape index (κ3) is 22.4. The molecule has 96 heavy (non-hydrogen) atoms. The first kappa shape index (κ1) is 80.6. The number of aliphatic carboxylic acids is 2. The van der Waals surface area contributed by atoms with E-state index in [0.717, 1.165) is 45.8 Å². The normalized spacial score (nSPS) is 26.3. The molecule has 1 aromatic heterocycles. The average Bonchev–Trinajstić information content (AvgIpc) is 0.796. The molecule has 542 valence electrons. The third-order valence-electron chi connectivity index (χ3n) is 15.5. The summed E-state index contributed by atoms with van der Waals surface area (Å²) in [4.78, 5) is 167. The van der Waals surface area contributed by atoms with Crippen LogP contribution in [-0.4, -0.2) is 332 Å². The van der Waals surface area contributed by atoms with Gasteiger partial charge in [0.1, 0.15) is 110 Å². The molecule has 3 aliphatic heterocycles. The number of hydrogen-bond acceptors (Lipinski definition) is 29. The summed E-state index contributed by atoms with van der Waals surface area (Å²) in [5.41, 5.74) is 5.75. The lowest BCUT2D eigenvalue weighted by molar-refractivity contribution is -0.347. The van der Waals surface area contributed by atoms with E-state index < -0.39 is 263 Å². The molecule has 1 aromatic rings. The zero-order valence-corrected chi connectivity index (χ0v) is 52.5. The number of nitrogens with zero attached hydrogens (tertiary/aromatic N) is 2. The molecule has 3 saturated heterocycles. The lowest BCUT2D eigenvalue weighted by Gasteiger charge is -2.48. The van der Waals surface area contributed by atoms with Crippen molar-refractivity contribution in [2.45, 2.75) is 207 Å². The van der Waals surface area contributed by atoms with Crippen molar-refractivity contribution in [3.8, 4) is 0 Å². The minimum atomic E-state index is -2.11. The van der Waals surface area contributed by atoms with Crippen LogP contribution in [0.4, 0.5) is 0 Å². The number of amides is 10. The van der Waals surface area contributed by atoms with E-state index in [9.17, 15) is 124 Å². The molecule has 3 aliphatic rings. The Morgan fingerprint density at radius 3 is 1.69 bits per heavy atom. The highest BCUT2D eigenvalue weighted by molar-refractivity contribution is 5.99. The smallest absolute Gasteiger partial charge is 0.322 e. The molecule has 0 aromatic carbocycles. The molecule has 0 aliphatic carbocycles. The SMILES string of the molecule is CC(=O)N[C@H]1[C@@H](O[C@H](C)[C@H](NC(=O)[C@H](CO)NC(=O)[C@H](Cc2cnc[nH]2)NC(=O)[C@H](CO)NC(=O)[C@@H](NC(=O)[C@@H](NC(=O)[C@H](CCC(=O)O)NC(=O)[C@@H](N)[C@@H](C)O)[C@@H](C)O)[C@@H](C)O)C(=O)N2CCC[C@H]2C(=O)NCC(=O)O)O[C@H](CO)[C@H](O)[C@@H]1O[C@@H]1O[C@H](CO)[C@H](O)[C@H](O)[C@H]1O. The Kier molecular flexibility index (Phi) is 31.6. The first-order valence-corrected chi connectivity index (χ1v) is 30.1. The number of ether oxygens (including phenoxy) is 4. The molecule has 0 spiro atoms. The lowest BCUT2D eigenvalue weighted by atomic mass is 9.95. The van der Waals surface area contributed by atoms with Crippen molar-refractivity contribution in [2.24, 2.45) is 5.73 Å². The minimum Gasteiger partial charge on any atom is -0.481 e. The molecule has 0 saturated carbocycles. The van der Waals surface area contributed by atoms with Crippen molar-refractivity contribution in [3.05, 3.63) is 18.2 Å². The number of aromatic nitrogens is 2. The van der Waals surface area contributed by atoms with Crippen molar-refractivity contribution in [2.75, 3.05) is 39.5 Å². The second-order valence-electron chi connectivity index (χ2n) is 22.9. The number of likely N-dealkylation sites (tertiary alicyclic amines) is 1. The van der Waals surface area contributed by atoms with E-state index in [1.54, 1.807) is 0 Å². The van der Waals surface area contributed by atoms with Crippen molar-refractivity contribution in [1.29, 1.82) is 0 Å². The van der Waals surface area contributed by atoms with Gasteiger partial charge in [0.05, 0.1) is 57.2 Å². The average molecular weight is 1380 g/mol. The Balaban J connectivity index is 1.63. The summed E-state index contributed by atoms with van der Waals surface area (Å²) in [5, 5.41) is 154. The van der Waals surface area contributed by atoms with Crippen molar-refractivity contribution in [1.82, 2.24) is 62.7 Å². The van der Waals surface area contributed by atoms with Crippen molar-refractivity contribution in [3.63, 3.8) is 0 Å². The molecule has 42 nitrogen and oxygen atoms in total. The number of carboxylic acids is 2. The number of aliphatic hydroxyl groups excluding tert-OH is 11. The van der Waals surface area contributed by atoms with Crippen LogP contribution in [0.15, 0.2) is 12.5 Å². The van der Waals surface area contributed by atoms with E-state index in [1.165, 1.54) is 6.20 Å². The van der Waals surface area contributed by atoms with Gasteiger partial charge in [0.25, 0.3) is 0 Å². The van der Waals surface area contributed by atoms with Gasteiger partial charge in [-0.1, -0.05) is 0 Å². The summed E-state index contributed by atoms with van der Waals surface area (Å²) in [5.74, 6) is -15.0. The molecule has 0 bridgehead atoms. The Labute approximate surface area is 545 Å². The predicted octanol–water partition coefficient (Wildman–Crippen LogP) is -14.0. The van der Waals surface area contributed by atoms with Gasteiger partial charge >= 0.3 is 11.9 Å². The first-order chi connectivity index (χ1) is 45.1. The highest BCUT2D eigenvalue weighted by Crippen LogP contribution is 2.31. The molecule has 23 atom stereocenters. The van der Waals surface area contributed by atoms with Gasteiger partial charge in [-0.3, -0.25) is 57.5 Å². The summed E-state index contributed by atoms with van der Waals surface area (Å²) < 4.78 is 23.3. The minimum absolute atomic E-state index is 0.0480. The highest BCUT2D eigenvalue weighted by Gasteiger charge is 2.53. The van der Waals surface area contributed by atoms with E-state index in [1.807, 2.05) is 0 Å². The summed E-state index contributed by atoms with van der Waals surface area (Å²) in [6.45, 7) is -0.350. The molecule has 4 heterocycles. The van der Waals surface area contributed by atoms with Crippen LogP contribution in [0.5, 0.6) is 0 Å². The molecular formula is C54H87N13O29. The first-order valence-electron chi connectivity index (χ1n) is 30.1. The molecule has 10 amide bonds. The quantitative estimate of drug-likeness (QED) is 0.0297. The zero-order valence-electron chi connectivity index (χ0n) is 52.5. The Hall–Kier alpha value is -7.79. The maximum atomic E-state index is 14.8. The molecule has 0 radical (unpaired) electrons. The maximum Gasteiger partial charge on any atom is 0.322 e. The number of rotatable bonds is 36. The number of hydrogen-bond donors (Lipinski definition) is 24. The summed E-state index contributed by atoms with van der Waals surface area (Å²) in [6.07, 6.45) is -23.3. The molecule has 42 heteroatoms. The van der Waals surface area contributed by atoms with Crippen molar-refractivity contribution >= 4 is 71.0 Å². The van der Waals surface area contributed by atoms with E-state index in [4.69, 9.17) is 24.7 Å². The summed E-state index contributed by atoms with van der Waals surface area (Å²) >= 11 is 0. The van der Waals surface area contributed by atoms with Crippen LogP contribution in [0.2, 0.25) is 0 Å². The number of aromatic amines is 1. The molecule has 4 rings (SSSR count). The van der Waals surface area contributed by atoms with Crippen LogP contribution in [-0.2, 0) is 82.9 Å². The third-order valence-corrected chi connectivity index (χ3v) is 15.5. The number of aliphatic hydroxyl groups is 11. The number of imidazole rings is 1. The number of H-pyrrole nitrogens is 1. The van der Waals surface area contributed by atoms with Gasteiger partial charge in [-0.25, -0.2) is 4.98 Å². The predicted molar refractivity (Wildman–Crippen MR) is 314 cm³/mol. The second kappa shape index (κ2) is 37.6. The zero-order chi connectivity index (χ0) is 72.2. The lowest BCUT2D eigenvalue weighted by Crippen LogP contribution is -2.69. The fourth-order valence-corrected chi connectivity index (χ4v) is 10.1. The van der Waals surface area contributed by atoms with Gasteiger partial charge in [-0.05, 0) is 47.0 Å². The molecule has 3 fully saturated rings. The molecule has 25 N–H and O–H groups in total. The fourth-order valence-electron chi connectivity index (χ4n) is 10.1. The van der Waals surface area contributed by atoms with Crippen LogP contribution in [0, 0.1) is 0 Å². The Bertz CT molecular complexity index is 2820. The maximum absolute atomic E-state index is 14.8. The van der Waals surface area contributed by atoms with Crippen LogP contribution in [0.25, 0.3) is 0 Å². The van der Waals surface area contributed by atoms with Gasteiger partial charge in [-0.15, -0.1) is 0 Å². The number of carbonyl (C=O) groups is 12. The van der Waals surface area contributed by atoms with Gasteiger partial charge in [0.15, 0.2) is 12.6 Å². The standard InChI is InChI=1S/C54H87N13O29/c1-19(72)34(55)49(89)60-25(8-9-32(76)77)44(84)64-36(21(3)74)51(91)65-35(20(2)73)50(90)63-27(14-68)46(86)61-26(11-24-12-56-18-58-24)45(85)62-28(15-69)47(87)66-37(52(92)67-10-6-7-29(67)48(88)57-13-33(78)79)22(4)93-53-38(59-23(5)75)43(40(81)31(17-71)94-53)96-54-42(83)41(82)39(80)30(16-70)95-54/h12,18-22,25-31,34-43,53-54,68-74,80-83H,6-11,13-17,55H2,1-5H3,(H,56,58)(H,57,88)(H,59,75)(H,60,89)(H,61,86)(H,62,85)(H,63,90)(H,64,84)(H,65,91)(H,66,87)(H,76,77)(H,78,79)/t19-,20-,21-,22-,25+,26+,27+,28+,29+,30-,31-,34+,35+,36+,37+,38-,39+,40+,41+,42-,43-,53+,54+/m1/s1. The molecular weight excluding hydrogens is 1290 g/mol. The monoisotopic (exact) mass is 1380 g/mol. The number of nitrogens with one attached hydrogen (secondary N) is 10. The fraction of sp³-hybridized carbons (Fsp3) is 0.722. The van der Waals surface area contributed by atoms with E-state index in [-0.39, 0.29) is 25.1 Å². The Morgan fingerprint density at radius 1 is 0.646 bits per heavy atom.